The van der Waals surface area contributed by atoms with Gasteiger partial charge in [0.05, 0.1) is 27.2 Å². The van der Waals surface area contributed by atoms with Gasteiger partial charge in [0.15, 0.2) is 6.10 Å². The molecule has 128 valence electrons. The van der Waals surface area contributed by atoms with Gasteiger partial charge in [-0.05, 0) is 30.2 Å². The van der Waals surface area contributed by atoms with E-state index >= 15 is 0 Å². The smallest absolute Gasteiger partial charge is 0.320 e. The van der Waals surface area contributed by atoms with Crippen molar-refractivity contribution in [2.45, 2.75) is 43.6 Å². The van der Waals surface area contributed by atoms with Crippen LogP contribution in [0.15, 0.2) is 17.5 Å². The van der Waals surface area contributed by atoms with E-state index in [1.165, 1.54) is 0 Å². The number of hydrogen-bond donors (Lipinski definition) is 1. The summed E-state index contributed by atoms with van der Waals surface area (Å²) >= 11 is 1.56. The highest BCUT2D eigenvalue weighted by atomic mass is 32.1. The first kappa shape index (κ1) is 16.9. The normalized spacial score (nSPS) is 27.0. The van der Waals surface area contributed by atoms with E-state index in [1.54, 1.807) is 11.3 Å². The Balaban J connectivity index is 1.84. The Bertz CT molecular complexity index is 536. The quantitative estimate of drug-likeness (QED) is 0.663. The zero-order valence-electron chi connectivity index (χ0n) is 14.2. The van der Waals surface area contributed by atoms with Crippen LogP contribution in [0.2, 0.25) is 0 Å². The zero-order chi connectivity index (χ0) is 16.5. The summed E-state index contributed by atoms with van der Waals surface area (Å²) in [6, 6.07) is 3.94. The van der Waals surface area contributed by atoms with Crippen molar-refractivity contribution in [1.82, 2.24) is 0 Å². The van der Waals surface area contributed by atoms with E-state index < -0.39 is 5.41 Å². The molecule has 2 aliphatic rings. The van der Waals surface area contributed by atoms with Crippen molar-refractivity contribution in [3.8, 4) is 0 Å². The molecular formula is C18H28NO3S+. The van der Waals surface area contributed by atoms with Crippen molar-refractivity contribution in [3.05, 3.63) is 22.4 Å². The fraction of sp³-hybridized carbons (Fsp3) is 0.722. The third kappa shape index (κ3) is 3.19. The number of carbonyl (C=O) groups is 1. The molecule has 4 nitrogen and oxygen atoms in total. The molecule has 2 fully saturated rings. The Hall–Kier alpha value is -0.910. The maximum absolute atomic E-state index is 13.2. The van der Waals surface area contributed by atoms with E-state index in [-0.39, 0.29) is 24.6 Å². The Morgan fingerprint density at radius 1 is 1.39 bits per heavy atom. The van der Waals surface area contributed by atoms with Gasteiger partial charge in [0.25, 0.3) is 0 Å². The fourth-order valence-electron chi connectivity index (χ4n) is 4.27. The maximum atomic E-state index is 13.2. The van der Waals surface area contributed by atoms with E-state index in [1.807, 2.05) is 17.5 Å². The molecule has 1 unspecified atom stereocenters. The molecule has 1 N–H and O–H groups in total. The van der Waals surface area contributed by atoms with Crippen LogP contribution in [0.5, 0.6) is 0 Å². The van der Waals surface area contributed by atoms with Crippen molar-refractivity contribution in [2.75, 3.05) is 33.8 Å². The van der Waals surface area contributed by atoms with Gasteiger partial charge in [0, 0.05) is 11.3 Å². The van der Waals surface area contributed by atoms with Crippen LogP contribution in [0.1, 0.15) is 37.0 Å². The number of thiophene rings is 1. The molecule has 0 amide bonds. The average molecular weight is 338 g/mol. The minimum absolute atomic E-state index is 0.0233. The minimum Gasteiger partial charge on any atom is -0.455 e. The summed E-state index contributed by atoms with van der Waals surface area (Å²) in [6.07, 6.45) is 5.16. The summed E-state index contributed by atoms with van der Waals surface area (Å²) in [7, 11) is 4.34. The van der Waals surface area contributed by atoms with Gasteiger partial charge >= 0.3 is 5.97 Å². The molecule has 1 aliphatic carbocycles. The molecule has 0 aromatic carbocycles. The minimum atomic E-state index is -0.857. The Kier molecular flexibility index (Phi) is 4.81. The molecule has 1 saturated carbocycles. The summed E-state index contributed by atoms with van der Waals surface area (Å²) in [4.78, 5) is 14.1. The number of hydrogen-bond acceptors (Lipinski definition) is 4. The van der Waals surface area contributed by atoms with Gasteiger partial charge in [0.2, 0.25) is 0 Å². The van der Waals surface area contributed by atoms with Gasteiger partial charge in [-0.1, -0.05) is 18.9 Å². The lowest BCUT2D eigenvalue weighted by Gasteiger charge is -2.35. The molecule has 1 saturated heterocycles. The van der Waals surface area contributed by atoms with Gasteiger partial charge < -0.3 is 14.3 Å². The number of quaternary nitrogens is 1. The summed E-state index contributed by atoms with van der Waals surface area (Å²) < 4.78 is 6.83. The standard InChI is InChI=1S/C18H28NO3S/c1-19(2)10-9-15(12-19)22-17(21)18(13-20,14-6-3-4-7-14)16-8-5-11-23-16/h5,8,11,14-15,20H,3-4,6-7,9-10,12-13H2,1-2H3/q+1/t15-,18?/m1/s1. The topological polar surface area (TPSA) is 46.5 Å². The van der Waals surface area contributed by atoms with Gasteiger partial charge in [-0.2, -0.15) is 0 Å². The summed E-state index contributed by atoms with van der Waals surface area (Å²) in [6.45, 7) is 1.75. The lowest BCUT2D eigenvalue weighted by Crippen LogP contribution is -2.48. The number of likely N-dealkylation sites (N-methyl/N-ethyl adjacent to an activating group) is 1. The van der Waals surface area contributed by atoms with Crippen molar-refractivity contribution in [1.29, 1.82) is 0 Å². The summed E-state index contributed by atoms with van der Waals surface area (Å²) in [5.74, 6) is -0.0104. The molecule has 0 radical (unpaired) electrons. The number of aliphatic hydroxyl groups excluding tert-OH is 1. The van der Waals surface area contributed by atoms with Gasteiger partial charge in [0.1, 0.15) is 12.0 Å². The van der Waals surface area contributed by atoms with E-state index in [0.29, 0.717) is 0 Å². The molecule has 0 spiro atoms. The molecule has 0 bridgehead atoms. The van der Waals surface area contributed by atoms with Crippen LogP contribution in [-0.2, 0) is 14.9 Å². The molecule has 1 aromatic heterocycles. The highest BCUT2D eigenvalue weighted by Gasteiger charge is 2.51. The van der Waals surface area contributed by atoms with Crippen molar-refractivity contribution < 1.29 is 19.1 Å². The highest BCUT2D eigenvalue weighted by molar-refractivity contribution is 7.10. The van der Waals surface area contributed by atoms with Crippen molar-refractivity contribution in [3.63, 3.8) is 0 Å². The average Bonchev–Trinajstić information content (AvgIpc) is 3.23. The molecule has 3 rings (SSSR count). The van der Waals surface area contributed by atoms with Gasteiger partial charge in [-0.3, -0.25) is 4.79 Å². The Morgan fingerprint density at radius 2 is 2.13 bits per heavy atom. The highest BCUT2D eigenvalue weighted by Crippen LogP contribution is 2.45. The molecule has 1 aliphatic heterocycles. The van der Waals surface area contributed by atoms with Crippen molar-refractivity contribution in [2.24, 2.45) is 5.92 Å². The molecular weight excluding hydrogens is 310 g/mol. The number of rotatable bonds is 5. The number of likely N-dealkylation sites (tertiary alicyclic amines) is 1. The summed E-state index contributed by atoms with van der Waals surface area (Å²) in [5, 5.41) is 12.2. The second-order valence-electron chi connectivity index (χ2n) is 7.75. The third-order valence-electron chi connectivity index (χ3n) is 5.65. The molecule has 1 aromatic rings. The fourth-order valence-corrected chi connectivity index (χ4v) is 5.26. The van der Waals surface area contributed by atoms with Crippen LogP contribution in [-0.4, -0.2) is 55.5 Å². The number of nitrogens with zero attached hydrogens (tertiary/aromatic N) is 1. The van der Waals surface area contributed by atoms with Crippen LogP contribution in [0.25, 0.3) is 0 Å². The van der Waals surface area contributed by atoms with E-state index in [4.69, 9.17) is 4.74 Å². The number of ether oxygens (including phenoxy) is 1. The third-order valence-corrected chi connectivity index (χ3v) is 6.70. The van der Waals surface area contributed by atoms with Crippen molar-refractivity contribution >= 4 is 17.3 Å². The maximum Gasteiger partial charge on any atom is 0.320 e. The molecule has 5 heteroatoms. The van der Waals surface area contributed by atoms with Gasteiger partial charge in [-0.25, -0.2) is 0 Å². The number of esters is 1. The zero-order valence-corrected chi connectivity index (χ0v) is 15.0. The number of carbonyl (C=O) groups excluding carboxylic acids is 1. The first-order chi connectivity index (χ1) is 11.0. The lowest BCUT2D eigenvalue weighted by molar-refractivity contribution is -0.879. The lowest BCUT2D eigenvalue weighted by atomic mass is 9.73. The largest absolute Gasteiger partial charge is 0.455 e. The Labute approximate surface area is 142 Å². The molecule has 23 heavy (non-hydrogen) atoms. The first-order valence-corrected chi connectivity index (χ1v) is 9.54. The molecule has 2 atom stereocenters. The number of aliphatic hydroxyl groups is 1. The predicted octanol–water partition coefficient (Wildman–Crippen LogP) is 2.56. The predicted molar refractivity (Wildman–Crippen MR) is 91.4 cm³/mol. The van der Waals surface area contributed by atoms with Crippen LogP contribution in [0.4, 0.5) is 0 Å². The van der Waals surface area contributed by atoms with Crippen LogP contribution < -0.4 is 0 Å². The summed E-state index contributed by atoms with van der Waals surface area (Å²) in [5.41, 5.74) is -0.857. The van der Waals surface area contributed by atoms with Crippen LogP contribution >= 0.6 is 11.3 Å². The van der Waals surface area contributed by atoms with E-state index in [0.717, 1.165) is 54.6 Å². The van der Waals surface area contributed by atoms with E-state index in [2.05, 4.69) is 14.1 Å². The second kappa shape index (κ2) is 6.54. The van der Waals surface area contributed by atoms with E-state index in [9.17, 15) is 9.90 Å². The second-order valence-corrected chi connectivity index (χ2v) is 8.69. The Morgan fingerprint density at radius 3 is 2.65 bits per heavy atom. The monoisotopic (exact) mass is 338 g/mol. The molecule has 2 heterocycles. The first-order valence-electron chi connectivity index (χ1n) is 8.66. The van der Waals surface area contributed by atoms with Crippen LogP contribution in [0, 0.1) is 5.92 Å². The van der Waals surface area contributed by atoms with Gasteiger partial charge in [-0.15, -0.1) is 11.3 Å². The van der Waals surface area contributed by atoms with Crippen LogP contribution in [0.3, 0.4) is 0 Å². The SMILES string of the molecule is C[N+]1(C)CC[C@@H](OC(=O)C(CO)(c2cccs2)C2CCCC2)C1.